The lowest BCUT2D eigenvalue weighted by molar-refractivity contribution is 0.252. The van der Waals surface area contributed by atoms with E-state index in [0.717, 1.165) is 23.4 Å². The third-order valence-electron chi connectivity index (χ3n) is 5.57. The predicted molar refractivity (Wildman–Crippen MR) is 140 cm³/mol. The topological polar surface area (TPSA) is 94.1 Å². The molecule has 2 aromatic carbocycles. The summed E-state index contributed by atoms with van der Waals surface area (Å²) in [5.41, 5.74) is 2.28. The van der Waals surface area contributed by atoms with Crippen molar-refractivity contribution in [3.05, 3.63) is 59.4 Å². The van der Waals surface area contributed by atoms with Crippen molar-refractivity contribution >= 4 is 27.8 Å². The average molecular weight is 491 g/mol. The highest BCUT2D eigenvalue weighted by atomic mass is 32.2. The van der Waals surface area contributed by atoms with Gasteiger partial charge in [-0.3, -0.25) is 0 Å². The Labute approximate surface area is 204 Å². The van der Waals surface area contributed by atoms with E-state index in [4.69, 9.17) is 5.41 Å². The minimum Gasteiger partial charge on any atom is -0.355 e. The molecule has 2 aromatic rings. The van der Waals surface area contributed by atoms with Crippen LogP contribution in [0.4, 0.5) is 15.8 Å². The number of hydrogen-bond donors (Lipinski definition) is 4. The normalized spacial score (nSPS) is 13.7. The molecule has 8 heteroatoms. The fraction of sp³-hybridized carbons (Fsp3) is 0.500. The van der Waals surface area contributed by atoms with Gasteiger partial charge >= 0.3 is 0 Å². The third-order valence-corrected chi connectivity index (χ3v) is 6.97. The van der Waals surface area contributed by atoms with Gasteiger partial charge in [-0.25, -0.2) is 9.11 Å². The minimum absolute atomic E-state index is 0.0587. The molecule has 0 aliphatic carbocycles. The lowest BCUT2D eigenvalue weighted by Crippen LogP contribution is -2.49. The fourth-order valence-corrected chi connectivity index (χ4v) is 5.38. The van der Waals surface area contributed by atoms with Gasteiger partial charge < -0.3 is 10.7 Å². The molecule has 0 spiro atoms. The monoisotopic (exact) mass is 490 g/mol. The van der Waals surface area contributed by atoms with Crippen LogP contribution in [0.1, 0.15) is 71.9 Å². The van der Waals surface area contributed by atoms with Crippen LogP contribution in [0.15, 0.2) is 42.5 Å². The van der Waals surface area contributed by atoms with Crippen molar-refractivity contribution in [3.8, 4) is 0 Å². The van der Waals surface area contributed by atoms with Crippen molar-refractivity contribution in [3.63, 3.8) is 0 Å². The van der Waals surface area contributed by atoms with Crippen LogP contribution in [0.2, 0.25) is 0 Å². The number of anilines is 2. The Morgan fingerprint density at radius 1 is 1.03 bits per heavy atom. The van der Waals surface area contributed by atoms with Crippen molar-refractivity contribution < 1.29 is 12.8 Å². The van der Waals surface area contributed by atoms with E-state index in [1.54, 1.807) is 32.9 Å². The molecular weight excluding hydrogens is 451 g/mol. The highest BCUT2D eigenvalue weighted by molar-refractivity contribution is 7.87. The molecule has 0 fully saturated rings. The smallest absolute Gasteiger partial charge is 0.277 e. The van der Waals surface area contributed by atoms with Crippen LogP contribution in [-0.4, -0.2) is 26.7 Å². The number of hydrogen-bond acceptors (Lipinski definition) is 4. The van der Waals surface area contributed by atoms with Gasteiger partial charge in [0.25, 0.3) is 10.2 Å². The molecule has 0 amide bonds. The van der Waals surface area contributed by atoms with Gasteiger partial charge in [-0.1, -0.05) is 33.8 Å². The van der Waals surface area contributed by atoms with Crippen LogP contribution >= 0.6 is 0 Å². The zero-order valence-electron chi connectivity index (χ0n) is 21.3. The summed E-state index contributed by atoms with van der Waals surface area (Å²) in [6, 6.07) is 12.0. The summed E-state index contributed by atoms with van der Waals surface area (Å²) in [5, 5.41) is 11.2. The average Bonchev–Trinajstić information content (AvgIpc) is 2.71. The van der Waals surface area contributed by atoms with Gasteiger partial charge in [-0.2, -0.15) is 13.1 Å². The van der Waals surface area contributed by atoms with E-state index in [1.807, 2.05) is 18.2 Å². The zero-order valence-corrected chi connectivity index (χ0v) is 22.1. The molecule has 0 bridgehead atoms. The first-order valence-electron chi connectivity index (χ1n) is 11.6. The Morgan fingerprint density at radius 2 is 1.65 bits per heavy atom. The molecule has 0 heterocycles. The Kier molecular flexibility index (Phi) is 9.02. The van der Waals surface area contributed by atoms with Crippen LogP contribution in [0, 0.1) is 22.6 Å². The molecule has 6 nitrogen and oxygen atoms in total. The van der Waals surface area contributed by atoms with E-state index in [9.17, 15) is 12.8 Å². The molecule has 1 atom stereocenters. The van der Waals surface area contributed by atoms with Crippen molar-refractivity contribution in [1.29, 1.82) is 5.41 Å². The summed E-state index contributed by atoms with van der Waals surface area (Å²) >= 11 is 0. The summed E-state index contributed by atoms with van der Waals surface area (Å²) in [7, 11) is -3.65. The van der Waals surface area contributed by atoms with E-state index in [1.165, 1.54) is 18.3 Å². The van der Waals surface area contributed by atoms with Crippen molar-refractivity contribution in [2.45, 2.75) is 66.3 Å². The lowest BCUT2D eigenvalue weighted by atomic mass is 9.71. The first-order chi connectivity index (χ1) is 15.6. The number of nitrogens with one attached hydrogen (secondary N) is 4. The lowest BCUT2D eigenvalue weighted by Gasteiger charge is -2.37. The summed E-state index contributed by atoms with van der Waals surface area (Å²) in [6.07, 6.45) is 2.16. The highest BCUT2D eigenvalue weighted by Gasteiger charge is 2.33. The Balaban J connectivity index is 2.32. The van der Waals surface area contributed by atoms with E-state index >= 15 is 0 Å². The van der Waals surface area contributed by atoms with Gasteiger partial charge in [-0.15, -0.1) is 0 Å². The third kappa shape index (κ3) is 8.49. The molecule has 0 saturated heterocycles. The first-order valence-corrected chi connectivity index (χ1v) is 13.1. The second-order valence-corrected chi connectivity index (χ2v) is 12.5. The van der Waals surface area contributed by atoms with Crippen molar-refractivity contribution in [1.82, 2.24) is 9.44 Å². The molecule has 0 aromatic heterocycles. The number of rotatable bonds is 11. The van der Waals surface area contributed by atoms with Crippen LogP contribution < -0.4 is 14.8 Å². The Hall–Kier alpha value is -2.29. The second kappa shape index (κ2) is 11.0. The molecule has 0 aliphatic rings. The molecule has 1 unspecified atom stereocenters. The van der Waals surface area contributed by atoms with Crippen LogP contribution in [0.5, 0.6) is 0 Å². The predicted octanol–water partition coefficient (Wildman–Crippen LogP) is 5.95. The Morgan fingerprint density at radius 3 is 2.18 bits per heavy atom. The van der Waals surface area contributed by atoms with Gasteiger partial charge in [-0.05, 0) is 86.4 Å². The SMILES string of the molecule is CC(C)CC(c1ccc(Nc2ccc(F)cc2)c(C=N)c1)C(C)(C)CNS(=O)(=O)NC(C)(C)C. The quantitative estimate of drug-likeness (QED) is 0.293. The zero-order chi connectivity index (χ0) is 25.7. The highest BCUT2D eigenvalue weighted by Crippen LogP contribution is 2.41. The largest absolute Gasteiger partial charge is 0.355 e. The van der Waals surface area contributed by atoms with Gasteiger partial charge in [0, 0.05) is 35.2 Å². The van der Waals surface area contributed by atoms with Crippen molar-refractivity contribution in [2.75, 3.05) is 11.9 Å². The summed E-state index contributed by atoms with van der Waals surface area (Å²) < 4.78 is 43.7. The summed E-state index contributed by atoms with van der Waals surface area (Å²) in [6.45, 7) is 14.1. The first kappa shape index (κ1) is 28.0. The van der Waals surface area contributed by atoms with Gasteiger partial charge in [0.05, 0.1) is 0 Å². The van der Waals surface area contributed by atoms with Gasteiger partial charge in [0.15, 0.2) is 0 Å². The standard InChI is InChI=1S/C26H39FN4O2S/c1-18(2)14-23(26(6,7)17-29-34(32,33)31-25(3,4)5)19-8-13-24(20(15-19)16-28)30-22-11-9-21(27)10-12-22/h8-13,15-16,18,23,28-31H,14,17H2,1-7H3. The summed E-state index contributed by atoms with van der Waals surface area (Å²) in [4.78, 5) is 0. The molecule has 188 valence electrons. The molecule has 4 N–H and O–H groups in total. The molecule has 0 saturated carbocycles. The summed E-state index contributed by atoms with van der Waals surface area (Å²) in [5.74, 6) is 0.151. The van der Waals surface area contributed by atoms with Crippen LogP contribution in [0.3, 0.4) is 0 Å². The maximum Gasteiger partial charge on any atom is 0.277 e. The van der Waals surface area contributed by atoms with Crippen LogP contribution in [-0.2, 0) is 10.2 Å². The number of benzene rings is 2. The van der Waals surface area contributed by atoms with E-state index in [0.29, 0.717) is 11.5 Å². The van der Waals surface area contributed by atoms with Crippen LogP contribution in [0.25, 0.3) is 0 Å². The second-order valence-electron chi connectivity index (χ2n) is 11.0. The molecule has 0 radical (unpaired) electrons. The van der Waals surface area contributed by atoms with Gasteiger partial charge in [0.2, 0.25) is 0 Å². The van der Waals surface area contributed by atoms with Crippen molar-refractivity contribution in [2.24, 2.45) is 11.3 Å². The maximum absolute atomic E-state index is 13.2. The maximum atomic E-state index is 13.2. The number of halogens is 1. The van der Waals surface area contributed by atoms with E-state index in [-0.39, 0.29) is 23.7 Å². The van der Waals surface area contributed by atoms with E-state index < -0.39 is 15.7 Å². The fourth-order valence-electron chi connectivity index (χ4n) is 3.94. The Bertz CT molecular complexity index is 1070. The molecule has 0 aliphatic heterocycles. The molecular formula is C26H39FN4O2S. The van der Waals surface area contributed by atoms with Gasteiger partial charge in [0.1, 0.15) is 5.82 Å². The molecule has 2 rings (SSSR count). The molecule has 34 heavy (non-hydrogen) atoms. The minimum atomic E-state index is -3.65. The van der Waals surface area contributed by atoms with E-state index in [2.05, 4.69) is 42.5 Å².